The lowest BCUT2D eigenvalue weighted by Gasteiger charge is -2.19. The minimum atomic E-state index is -3.28. The number of sulfone groups is 1. The van der Waals surface area contributed by atoms with Crippen molar-refractivity contribution >= 4 is 61.6 Å². The van der Waals surface area contributed by atoms with Gasteiger partial charge >= 0.3 is 0 Å². The molecule has 4 nitrogen and oxygen atoms in total. The molecule has 9 heteroatoms. The summed E-state index contributed by atoms with van der Waals surface area (Å²) >= 11 is 14.5. The van der Waals surface area contributed by atoms with Crippen molar-refractivity contribution in [1.82, 2.24) is 4.90 Å². The van der Waals surface area contributed by atoms with Gasteiger partial charge in [0, 0.05) is 18.0 Å². The molecule has 1 aliphatic heterocycles. The topological polar surface area (TPSA) is 54.5 Å². The van der Waals surface area contributed by atoms with Gasteiger partial charge in [-0.3, -0.25) is 4.79 Å². The first kappa shape index (κ1) is 17.2. The number of carbonyl (C=O) groups is 1. The minimum absolute atomic E-state index is 0.0448. The standard InChI is InChI=1S/C14H13Cl2NO3S3/c15-12-8-9(13(16)22-12)14(18)17-4-3-11(10-2-1-6-21-10)23(19,20)7-5-17/h1-2,6,8,11H,3-5,7H2/t11-/m0/s1. The number of thiophene rings is 2. The number of rotatable bonds is 2. The Kier molecular flexibility index (Phi) is 5.04. The van der Waals surface area contributed by atoms with Crippen LogP contribution in [0, 0.1) is 0 Å². The predicted octanol–water partition coefficient (Wildman–Crippen LogP) is 4.12. The molecule has 23 heavy (non-hydrogen) atoms. The number of amides is 1. The van der Waals surface area contributed by atoms with E-state index in [1.807, 2.05) is 17.5 Å². The first-order valence-corrected chi connectivity index (χ1v) is 11.0. The van der Waals surface area contributed by atoms with Crippen LogP contribution in [0.2, 0.25) is 8.67 Å². The van der Waals surface area contributed by atoms with Gasteiger partial charge in [0.05, 0.1) is 20.9 Å². The molecule has 0 bridgehead atoms. The number of halogens is 2. The van der Waals surface area contributed by atoms with E-state index in [1.165, 1.54) is 17.4 Å². The Labute approximate surface area is 152 Å². The van der Waals surface area contributed by atoms with Gasteiger partial charge in [-0.05, 0) is 23.9 Å². The van der Waals surface area contributed by atoms with Crippen molar-refractivity contribution < 1.29 is 13.2 Å². The van der Waals surface area contributed by atoms with Crippen LogP contribution in [-0.2, 0) is 9.84 Å². The van der Waals surface area contributed by atoms with Gasteiger partial charge in [0.25, 0.3) is 5.91 Å². The van der Waals surface area contributed by atoms with E-state index in [4.69, 9.17) is 23.2 Å². The van der Waals surface area contributed by atoms with E-state index in [0.29, 0.717) is 27.2 Å². The molecule has 1 aliphatic rings. The van der Waals surface area contributed by atoms with E-state index in [0.717, 1.165) is 16.2 Å². The van der Waals surface area contributed by atoms with E-state index in [-0.39, 0.29) is 18.2 Å². The van der Waals surface area contributed by atoms with E-state index in [9.17, 15) is 13.2 Å². The van der Waals surface area contributed by atoms with Gasteiger partial charge in [-0.1, -0.05) is 29.3 Å². The fourth-order valence-electron chi connectivity index (χ4n) is 2.60. The van der Waals surface area contributed by atoms with E-state index < -0.39 is 15.1 Å². The fraction of sp³-hybridized carbons (Fsp3) is 0.357. The monoisotopic (exact) mass is 409 g/mol. The van der Waals surface area contributed by atoms with Gasteiger partial charge in [-0.2, -0.15) is 0 Å². The van der Waals surface area contributed by atoms with E-state index >= 15 is 0 Å². The highest BCUT2D eigenvalue weighted by Gasteiger charge is 2.34. The lowest BCUT2D eigenvalue weighted by atomic mass is 10.2. The average Bonchev–Trinajstić information content (AvgIpc) is 3.08. The lowest BCUT2D eigenvalue weighted by Crippen LogP contribution is -2.33. The molecule has 1 amide bonds. The van der Waals surface area contributed by atoms with Crippen molar-refractivity contribution in [3.05, 3.63) is 42.7 Å². The molecular weight excluding hydrogens is 397 g/mol. The van der Waals surface area contributed by atoms with Crippen LogP contribution in [0.15, 0.2) is 23.6 Å². The summed E-state index contributed by atoms with van der Waals surface area (Å²) in [5.74, 6) is -0.309. The Morgan fingerprint density at radius 3 is 2.70 bits per heavy atom. The van der Waals surface area contributed by atoms with E-state index in [1.54, 1.807) is 4.90 Å². The molecule has 124 valence electrons. The van der Waals surface area contributed by atoms with Gasteiger partial charge in [0.1, 0.15) is 4.34 Å². The molecular formula is C14H13Cl2NO3S3. The van der Waals surface area contributed by atoms with Crippen molar-refractivity contribution in [2.45, 2.75) is 11.7 Å². The number of carbonyl (C=O) groups excluding carboxylic acids is 1. The zero-order valence-electron chi connectivity index (χ0n) is 11.9. The summed E-state index contributed by atoms with van der Waals surface area (Å²) in [7, 11) is -3.28. The highest BCUT2D eigenvalue weighted by atomic mass is 35.5. The zero-order chi connectivity index (χ0) is 16.6. The molecule has 1 saturated heterocycles. The van der Waals surface area contributed by atoms with Crippen LogP contribution in [0.3, 0.4) is 0 Å². The molecule has 0 unspecified atom stereocenters. The minimum Gasteiger partial charge on any atom is -0.338 e. The van der Waals surface area contributed by atoms with Crippen LogP contribution >= 0.6 is 45.9 Å². The van der Waals surface area contributed by atoms with Crippen molar-refractivity contribution in [2.24, 2.45) is 0 Å². The van der Waals surface area contributed by atoms with Crippen LogP contribution in [0.1, 0.15) is 26.9 Å². The highest BCUT2D eigenvalue weighted by Crippen LogP contribution is 2.35. The maximum atomic E-state index is 12.6. The summed E-state index contributed by atoms with van der Waals surface area (Å²) in [6.07, 6.45) is 0.393. The maximum Gasteiger partial charge on any atom is 0.256 e. The first-order valence-electron chi connectivity index (χ1n) is 6.87. The fourth-order valence-corrected chi connectivity index (χ4v) is 7.05. The summed E-state index contributed by atoms with van der Waals surface area (Å²) in [5, 5.41) is 1.33. The second kappa shape index (κ2) is 6.72. The molecule has 0 aliphatic carbocycles. The Morgan fingerprint density at radius 2 is 2.09 bits per heavy atom. The molecule has 0 saturated carbocycles. The number of hydrogen-bond acceptors (Lipinski definition) is 5. The van der Waals surface area contributed by atoms with Crippen molar-refractivity contribution in [3.8, 4) is 0 Å². The number of nitrogens with zero attached hydrogens (tertiary/aromatic N) is 1. The molecule has 1 fully saturated rings. The quantitative estimate of drug-likeness (QED) is 0.749. The molecule has 3 heterocycles. The molecule has 0 N–H and O–H groups in total. The molecule has 3 rings (SSSR count). The van der Waals surface area contributed by atoms with Crippen molar-refractivity contribution in [1.29, 1.82) is 0 Å². The third-order valence-electron chi connectivity index (χ3n) is 3.78. The second-order valence-corrected chi connectivity index (χ2v) is 10.8. The Morgan fingerprint density at radius 1 is 1.30 bits per heavy atom. The van der Waals surface area contributed by atoms with Gasteiger partial charge in [0.2, 0.25) is 0 Å². The summed E-state index contributed by atoms with van der Waals surface area (Å²) in [6, 6.07) is 5.21. The molecule has 0 aromatic carbocycles. The largest absolute Gasteiger partial charge is 0.338 e. The average molecular weight is 410 g/mol. The lowest BCUT2D eigenvalue weighted by molar-refractivity contribution is 0.0767. The van der Waals surface area contributed by atoms with Gasteiger partial charge < -0.3 is 4.90 Å². The highest BCUT2D eigenvalue weighted by molar-refractivity contribution is 7.91. The zero-order valence-corrected chi connectivity index (χ0v) is 15.8. The normalized spacial score (nSPS) is 21.1. The Balaban J connectivity index is 1.83. The van der Waals surface area contributed by atoms with Crippen LogP contribution in [0.25, 0.3) is 0 Å². The molecule has 1 atom stereocenters. The smallest absolute Gasteiger partial charge is 0.256 e. The SMILES string of the molecule is O=C(c1cc(Cl)sc1Cl)N1CC[C@@H](c2cccs2)S(=O)(=O)CC1. The van der Waals surface area contributed by atoms with Gasteiger partial charge in [-0.25, -0.2) is 8.42 Å². The Hall–Kier alpha value is -0.600. The molecule has 0 radical (unpaired) electrons. The number of hydrogen-bond donors (Lipinski definition) is 0. The van der Waals surface area contributed by atoms with Crippen molar-refractivity contribution in [3.63, 3.8) is 0 Å². The maximum absolute atomic E-state index is 12.6. The first-order chi connectivity index (χ1) is 10.9. The summed E-state index contributed by atoms with van der Waals surface area (Å²) in [4.78, 5) is 15.0. The summed E-state index contributed by atoms with van der Waals surface area (Å²) < 4.78 is 25.8. The van der Waals surface area contributed by atoms with Crippen molar-refractivity contribution in [2.75, 3.05) is 18.8 Å². The molecule has 0 spiro atoms. The Bertz CT molecular complexity index is 814. The van der Waals surface area contributed by atoms with Gasteiger partial charge in [-0.15, -0.1) is 22.7 Å². The van der Waals surface area contributed by atoms with Crippen LogP contribution < -0.4 is 0 Å². The predicted molar refractivity (Wildman–Crippen MR) is 95.7 cm³/mol. The second-order valence-electron chi connectivity index (χ2n) is 5.19. The summed E-state index contributed by atoms with van der Waals surface area (Å²) in [6.45, 7) is 0.553. The van der Waals surface area contributed by atoms with Crippen LogP contribution in [-0.4, -0.2) is 38.1 Å². The summed E-state index contributed by atoms with van der Waals surface area (Å²) in [5.41, 5.74) is 0.341. The van der Waals surface area contributed by atoms with Crippen LogP contribution in [0.4, 0.5) is 0 Å². The third kappa shape index (κ3) is 3.58. The molecule has 2 aromatic heterocycles. The third-order valence-corrected chi connectivity index (χ3v) is 8.51. The van der Waals surface area contributed by atoms with Crippen LogP contribution in [0.5, 0.6) is 0 Å². The van der Waals surface area contributed by atoms with E-state index in [2.05, 4.69) is 0 Å². The van der Waals surface area contributed by atoms with Gasteiger partial charge in [0.15, 0.2) is 9.84 Å². The molecule has 2 aromatic rings.